The fourth-order valence-electron chi connectivity index (χ4n) is 3.72. The standard InChI is InChI=1S/C22H23F2NO4/c1-11(2)15-9-17(26)12(3)6-16(15)21-18(27)7-14(8-19(21)28)13-4-5-20(25-10-13)29-22(23)24/h4-8,10,15-17,22,26-28H,1,9H2,2-3H3/t15-,16+,17-/m0/s1. The van der Waals surface area contributed by atoms with Gasteiger partial charge in [0.2, 0.25) is 5.88 Å². The van der Waals surface area contributed by atoms with E-state index in [1.54, 1.807) is 0 Å². The Morgan fingerprint density at radius 3 is 2.38 bits per heavy atom. The van der Waals surface area contributed by atoms with Gasteiger partial charge in [0, 0.05) is 29.3 Å². The summed E-state index contributed by atoms with van der Waals surface area (Å²) in [6.45, 7) is 4.69. The third-order valence-electron chi connectivity index (χ3n) is 5.26. The van der Waals surface area contributed by atoms with Crippen molar-refractivity contribution in [2.75, 3.05) is 0 Å². The quantitative estimate of drug-likeness (QED) is 0.628. The Hall–Kier alpha value is -2.93. The summed E-state index contributed by atoms with van der Waals surface area (Å²) in [5, 5.41) is 31.5. The van der Waals surface area contributed by atoms with E-state index in [2.05, 4.69) is 16.3 Å². The Morgan fingerprint density at radius 1 is 1.21 bits per heavy atom. The van der Waals surface area contributed by atoms with Gasteiger partial charge in [0.25, 0.3) is 0 Å². The molecule has 3 N–H and O–H groups in total. The van der Waals surface area contributed by atoms with Crippen LogP contribution in [0.5, 0.6) is 17.4 Å². The zero-order valence-electron chi connectivity index (χ0n) is 16.1. The number of aromatic nitrogens is 1. The summed E-state index contributed by atoms with van der Waals surface area (Å²) in [5.41, 5.74) is 2.97. The van der Waals surface area contributed by atoms with Crippen LogP contribution in [0.25, 0.3) is 11.1 Å². The van der Waals surface area contributed by atoms with Crippen molar-refractivity contribution in [1.82, 2.24) is 4.98 Å². The zero-order valence-corrected chi connectivity index (χ0v) is 16.1. The number of hydrogen-bond acceptors (Lipinski definition) is 5. The van der Waals surface area contributed by atoms with Gasteiger partial charge in [0.1, 0.15) is 11.5 Å². The summed E-state index contributed by atoms with van der Waals surface area (Å²) in [6.07, 6.45) is 3.04. The normalized spacial score (nSPS) is 21.7. The van der Waals surface area contributed by atoms with Gasteiger partial charge in [-0.3, -0.25) is 0 Å². The number of hydrogen-bond donors (Lipinski definition) is 3. The van der Waals surface area contributed by atoms with E-state index in [0.29, 0.717) is 23.1 Å². The molecule has 1 aliphatic carbocycles. The van der Waals surface area contributed by atoms with Crippen molar-refractivity contribution in [3.05, 3.63) is 59.8 Å². The van der Waals surface area contributed by atoms with Gasteiger partial charge in [0.05, 0.1) is 6.10 Å². The number of rotatable bonds is 5. The van der Waals surface area contributed by atoms with Crippen molar-refractivity contribution in [2.24, 2.45) is 5.92 Å². The van der Waals surface area contributed by atoms with E-state index in [1.807, 2.05) is 19.9 Å². The smallest absolute Gasteiger partial charge is 0.388 e. The molecule has 0 aliphatic heterocycles. The van der Waals surface area contributed by atoms with E-state index < -0.39 is 12.7 Å². The highest BCUT2D eigenvalue weighted by Gasteiger charge is 2.33. The first kappa shape index (κ1) is 20.8. The zero-order chi connectivity index (χ0) is 21.3. The van der Waals surface area contributed by atoms with Crippen molar-refractivity contribution in [3.63, 3.8) is 0 Å². The van der Waals surface area contributed by atoms with Crippen LogP contribution in [0, 0.1) is 5.92 Å². The van der Waals surface area contributed by atoms with Crippen molar-refractivity contribution >= 4 is 0 Å². The van der Waals surface area contributed by atoms with Crippen LogP contribution in [-0.2, 0) is 0 Å². The van der Waals surface area contributed by atoms with Gasteiger partial charge < -0.3 is 20.1 Å². The number of halogens is 2. The van der Waals surface area contributed by atoms with E-state index in [-0.39, 0.29) is 29.2 Å². The average molecular weight is 403 g/mol. The van der Waals surface area contributed by atoms with Crippen LogP contribution in [-0.4, -0.2) is 33.0 Å². The molecule has 2 aromatic rings. The third-order valence-corrected chi connectivity index (χ3v) is 5.26. The number of aromatic hydroxyl groups is 2. The Morgan fingerprint density at radius 2 is 1.86 bits per heavy atom. The second-order valence-electron chi connectivity index (χ2n) is 7.33. The molecule has 0 radical (unpaired) electrons. The monoisotopic (exact) mass is 403 g/mol. The van der Waals surface area contributed by atoms with E-state index in [4.69, 9.17) is 0 Å². The minimum atomic E-state index is -2.97. The number of phenols is 2. The van der Waals surface area contributed by atoms with E-state index >= 15 is 0 Å². The molecule has 0 bridgehead atoms. The third kappa shape index (κ3) is 4.40. The van der Waals surface area contributed by atoms with Gasteiger partial charge >= 0.3 is 6.61 Å². The fourth-order valence-corrected chi connectivity index (χ4v) is 3.72. The van der Waals surface area contributed by atoms with Crippen LogP contribution < -0.4 is 4.74 Å². The predicted molar refractivity (Wildman–Crippen MR) is 105 cm³/mol. The van der Waals surface area contributed by atoms with Crippen molar-refractivity contribution in [1.29, 1.82) is 0 Å². The number of phenolic OH excluding ortho intramolecular Hbond substituents is 2. The Bertz CT molecular complexity index is 917. The predicted octanol–water partition coefficient (Wildman–Crippen LogP) is 4.75. The molecule has 7 heteroatoms. The molecule has 0 saturated carbocycles. The molecule has 0 spiro atoms. The summed E-state index contributed by atoms with van der Waals surface area (Å²) >= 11 is 0. The van der Waals surface area contributed by atoms with Crippen molar-refractivity contribution in [3.8, 4) is 28.5 Å². The number of aliphatic hydroxyl groups excluding tert-OH is 1. The highest BCUT2D eigenvalue weighted by atomic mass is 19.3. The molecule has 0 fully saturated rings. The average Bonchev–Trinajstić information content (AvgIpc) is 2.63. The first-order valence-electron chi connectivity index (χ1n) is 9.16. The lowest BCUT2D eigenvalue weighted by Crippen LogP contribution is -2.26. The van der Waals surface area contributed by atoms with Gasteiger partial charge in [-0.05, 0) is 55.5 Å². The molecular formula is C22H23F2NO4. The molecule has 29 heavy (non-hydrogen) atoms. The molecule has 0 amide bonds. The molecule has 0 saturated heterocycles. The number of aliphatic hydroxyl groups is 1. The second kappa shape index (κ2) is 8.21. The molecule has 1 aromatic carbocycles. The van der Waals surface area contributed by atoms with Crippen LogP contribution in [0.1, 0.15) is 31.7 Å². The highest BCUT2D eigenvalue weighted by Crippen LogP contribution is 2.47. The summed E-state index contributed by atoms with van der Waals surface area (Å²) in [7, 11) is 0. The largest absolute Gasteiger partial charge is 0.507 e. The first-order chi connectivity index (χ1) is 13.7. The Kier molecular flexibility index (Phi) is 5.88. The maximum absolute atomic E-state index is 12.3. The summed E-state index contributed by atoms with van der Waals surface area (Å²) in [6, 6.07) is 5.78. The summed E-state index contributed by atoms with van der Waals surface area (Å²) < 4.78 is 28.7. The minimum Gasteiger partial charge on any atom is -0.507 e. The van der Waals surface area contributed by atoms with Crippen LogP contribution in [0.2, 0.25) is 0 Å². The maximum atomic E-state index is 12.3. The number of benzene rings is 1. The number of nitrogens with zero attached hydrogens (tertiary/aromatic N) is 1. The van der Waals surface area contributed by atoms with Gasteiger partial charge in [0.15, 0.2) is 0 Å². The maximum Gasteiger partial charge on any atom is 0.388 e. The SMILES string of the molecule is C=C(C)[C@@H]1C[C@H](O)C(C)=C[C@H]1c1c(O)cc(-c2ccc(OC(F)F)nc2)cc1O. The molecular weight excluding hydrogens is 380 g/mol. The first-order valence-corrected chi connectivity index (χ1v) is 9.16. The highest BCUT2D eigenvalue weighted by molar-refractivity contribution is 5.69. The van der Waals surface area contributed by atoms with E-state index in [9.17, 15) is 24.1 Å². The molecule has 3 rings (SSSR count). The van der Waals surface area contributed by atoms with Gasteiger partial charge in [-0.25, -0.2) is 4.98 Å². The summed E-state index contributed by atoms with van der Waals surface area (Å²) in [4.78, 5) is 3.81. The molecule has 1 aliphatic rings. The molecule has 0 unspecified atom stereocenters. The number of alkyl halides is 2. The van der Waals surface area contributed by atoms with Crippen LogP contribution >= 0.6 is 0 Å². The second-order valence-corrected chi connectivity index (χ2v) is 7.33. The Balaban J connectivity index is 1.98. The number of pyridine rings is 1. The van der Waals surface area contributed by atoms with Crippen LogP contribution in [0.3, 0.4) is 0 Å². The minimum absolute atomic E-state index is 0.107. The van der Waals surface area contributed by atoms with E-state index in [0.717, 1.165) is 11.1 Å². The van der Waals surface area contributed by atoms with Crippen LogP contribution in [0.4, 0.5) is 8.78 Å². The van der Waals surface area contributed by atoms with Crippen LogP contribution in [0.15, 0.2) is 54.3 Å². The van der Waals surface area contributed by atoms with Gasteiger partial charge in [-0.2, -0.15) is 8.78 Å². The molecule has 5 nitrogen and oxygen atoms in total. The topological polar surface area (TPSA) is 82.8 Å². The summed E-state index contributed by atoms with van der Waals surface area (Å²) in [5.74, 6) is -0.901. The molecule has 1 aromatic heterocycles. The molecule has 154 valence electrons. The fraction of sp³-hybridized carbons (Fsp3) is 0.318. The lowest BCUT2D eigenvalue weighted by atomic mass is 9.72. The number of allylic oxidation sites excluding steroid dienone is 2. The lowest BCUT2D eigenvalue weighted by molar-refractivity contribution is -0.0528. The van der Waals surface area contributed by atoms with E-state index in [1.165, 1.54) is 30.5 Å². The van der Waals surface area contributed by atoms with Gasteiger partial charge in [-0.1, -0.05) is 18.2 Å². The van der Waals surface area contributed by atoms with Gasteiger partial charge in [-0.15, -0.1) is 0 Å². The lowest BCUT2D eigenvalue weighted by Gasteiger charge is -2.34. The molecule has 3 atom stereocenters. The number of ether oxygens (including phenoxy) is 1. The Labute approximate surface area is 167 Å². The van der Waals surface area contributed by atoms with Crippen molar-refractivity contribution < 1.29 is 28.8 Å². The molecule has 1 heterocycles. The van der Waals surface area contributed by atoms with Crippen molar-refractivity contribution in [2.45, 2.75) is 38.9 Å².